The third-order valence-electron chi connectivity index (χ3n) is 9.50. The zero-order chi connectivity index (χ0) is 36.8. The van der Waals surface area contributed by atoms with Crippen LogP contribution in [0.25, 0.3) is 11.1 Å². The Hall–Kier alpha value is -4.84. The van der Waals surface area contributed by atoms with Gasteiger partial charge in [0.25, 0.3) is 0 Å². The van der Waals surface area contributed by atoms with Gasteiger partial charge in [-0.1, -0.05) is 83.1 Å². The number of ether oxygens (including phenoxy) is 1. The Morgan fingerprint density at radius 3 is 1.96 bits per heavy atom. The SMILES string of the molecule is CC(C)C(C(=O)NC(CCCNC(N)=O)C(=O)Nc1ccc(O[Si](C)(C)C(C)(C)C)cc1)N(C)C(=O)OC1c2ccccc2-c2ccccc21. The predicted molar refractivity (Wildman–Crippen MR) is 198 cm³/mol. The molecular formula is C38H51N5O6Si. The van der Waals surface area contributed by atoms with Gasteiger partial charge in [0.2, 0.25) is 20.1 Å². The number of rotatable bonds is 13. The smallest absolute Gasteiger partial charge is 0.411 e. The number of urea groups is 1. The van der Waals surface area contributed by atoms with Crippen molar-refractivity contribution in [2.24, 2.45) is 11.7 Å². The first kappa shape index (κ1) is 38.0. The minimum atomic E-state index is -2.05. The molecule has 1 aliphatic rings. The lowest BCUT2D eigenvalue weighted by Gasteiger charge is -2.36. The fourth-order valence-electron chi connectivity index (χ4n) is 5.79. The first-order valence-electron chi connectivity index (χ1n) is 17.1. The number of hydrogen-bond acceptors (Lipinski definition) is 6. The van der Waals surface area contributed by atoms with Gasteiger partial charge in [-0.15, -0.1) is 0 Å². The van der Waals surface area contributed by atoms with Crippen LogP contribution in [0.3, 0.4) is 0 Å². The van der Waals surface area contributed by atoms with Crippen LogP contribution in [0.4, 0.5) is 15.3 Å². The van der Waals surface area contributed by atoms with Gasteiger partial charge in [0.05, 0.1) is 0 Å². The molecule has 0 aromatic heterocycles. The second-order valence-corrected chi connectivity index (χ2v) is 19.3. The van der Waals surface area contributed by atoms with Gasteiger partial charge < -0.3 is 30.8 Å². The highest BCUT2D eigenvalue weighted by molar-refractivity contribution is 6.74. The number of nitrogens with zero attached hydrogens (tertiary/aromatic N) is 1. The van der Waals surface area contributed by atoms with E-state index in [1.54, 1.807) is 12.1 Å². The third-order valence-corrected chi connectivity index (χ3v) is 13.9. The Labute approximate surface area is 296 Å². The maximum absolute atomic E-state index is 13.9. The highest BCUT2D eigenvalue weighted by Crippen LogP contribution is 2.45. The molecule has 5 N–H and O–H groups in total. The number of fused-ring (bicyclic) bond motifs is 3. The molecule has 268 valence electrons. The van der Waals surface area contributed by atoms with Gasteiger partial charge in [-0.05, 0) is 72.3 Å². The molecule has 0 saturated heterocycles. The summed E-state index contributed by atoms with van der Waals surface area (Å²) >= 11 is 0. The summed E-state index contributed by atoms with van der Waals surface area (Å²) in [6.07, 6.45) is -0.713. The molecule has 1 aliphatic carbocycles. The molecule has 5 amide bonds. The molecule has 11 nitrogen and oxygen atoms in total. The van der Waals surface area contributed by atoms with Crippen molar-refractivity contribution in [1.29, 1.82) is 0 Å². The average molecular weight is 702 g/mol. The van der Waals surface area contributed by atoms with E-state index in [9.17, 15) is 19.2 Å². The van der Waals surface area contributed by atoms with Crippen molar-refractivity contribution in [1.82, 2.24) is 15.5 Å². The first-order chi connectivity index (χ1) is 23.5. The minimum Gasteiger partial charge on any atom is -0.544 e. The van der Waals surface area contributed by atoms with Crippen molar-refractivity contribution < 1.29 is 28.3 Å². The number of nitrogens with two attached hydrogens (primary N) is 1. The number of anilines is 1. The standard InChI is InChI=1S/C38H51N5O6Si/c1-24(2)32(43(6)37(47)48-33-29-16-11-9-14-27(29)28-15-10-12-17-30(28)33)35(45)42-31(18-13-23-40-36(39)46)34(44)41-25-19-21-26(22-20-25)49-50(7,8)38(3,4)5/h9-12,14-17,19-22,24,31-33H,13,18,23H2,1-8H3,(H,41,44)(H,42,45)(H3,39,40,46). The van der Waals surface area contributed by atoms with Gasteiger partial charge >= 0.3 is 12.1 Å². The lowest BCUT2D eigenvalue weighted by Crippen LogP contribution is -2.55. The van der Waals surface area contributed by atoms with Crippen LogP contribution in [0.2, 0.25) is 18.1 Å². The van der Waals surface area contributed by atoms with E-state index in [1.807, 2.05) is 74.5 Å². The number of nitrogens with one attached hydrogen (secondary N) is 3. The van der Waals surface area contributed by atoms with E-state index in [4.69, 9.17) is 14.9 Å². The van der Waals surface area contributed by atoms with Crippen molar-refractivity contribution >= 4 is 37.9 Å². The highest BCUT2D eigenvalue weighted by Gasteiger charge is 2.39. The molecule has 3 aromatic carbocycles. The summed E-state index contributed by atoms with van der Waals surface area (Å²) < 4.78 is 12.4. The summed E-state index contributed by atoms with van der Waals surface area (Å²) in [6.45, 7) is 14.7. The molecule has 12 heteroatoms. The topological polar surface area (TPSA) is 152 Å². The first-order valence-corrected chi connectivity index (χ1v) is 20.0. The van der Waals surface area contributed by atoms with Crippen LogP contribution < -0.4 is 26.1 Å². The fourth-order valence-corrected chi connectivity index (χ4v) is 6.82. The highest BCUT2D eigenvalue weighted by atomic mass is 28.4. The van der Waals surface area contributed by atoms with Gasteiger partial charge in [-0.3, -0.25) is 14.5 Å². The normalized spacial score (nSPS) is 13.8. The van der Waals surface area contributed by atoms with Gasteiger partial charge in [0.15, 0.2) is 6.10 Å². The molecule has 0 spiro atoms. The largest absolute Gasteiger partial charge is 0.544 e. The molecule has 2 atom stereocenters. The maximum atomic E-state index is 13.9. The lowest BCUT2D eigenvalue weighted by molar-refractivity contribution is -0.131. The minimum absolute atomic E-state index is 0.0285. The number of hydrogen-bond donors (Lipinski definition) is 4. The molecule has 0 heterocycles. The van der Waals surface area contributed by atoms with E-state index in [2.05, 4.69) is 49.8 Å². The molecule has 0 bridgehead atoms. The van der Waals surface area contributed by atoms with Crippen molar-refractivity contribution in [3.63, 3.8) is 0 Å². The number of amides is 5. The Bertz CT molecular complexity index is 1640. The van der Waals surface area contributed by atoms with Crippen LogP contribution in [-0.4, -0.2) is 62.8 Å². The lowest BCUT2D eigenvalue weighted by atomic mass is 10.0. The van der Waals surface area contributed by atoms with E-state index < -0.39 is 50.4 Å². The molecule has 0 radical (unpaired) electrons. The molecule has 3 aromatic rings. The molecule has 0 fully saturated rings. The van der Waals surface area contributed by atoms with Crippen LogP contribution >= 0.6 is 0 Å². The van der Waals surface area contributed by atoms with E-state index >= 15 is 0 Å². The molecule has 0 saturated carbocycles. The Balaban J connectivity index is 1.48. The monoisotopic (exact) mass is 701 g/mol. The maximum Gasteiger partial charge on any atom is 0.411 e. The summed E-state index contributed by atoms with van der Waals surface area (Å²) in [5.74, 6) is -0.546. The van der Waals surface area contributed by atoms with Gasteiger partial charge in [0.1, 0.15) is 17.8 Å². The number of benzene rings is 3. The summed E-state index contributed by atoms with van der Waals surface area (Å²) in [7, 11) is -0.522. The third kappa shape index (κ3) is 9.03. The predicted octanol–water partition coefficient (Wildman–Crippen LogP) is 6.81. The van der Waals surface area contributed by atoms with Crippen LogP contribution in [0.5, 0.6) is 5.75 Å². The number of carbonyl (C=O) groups is 4. The zero-order valence-electron chi connectivity index (χ0n) is 30.3. The molecule has 50 heavy (non-hydrogen) atoms. The Morgan fingerprint density at radius 1 is 0.880 bits per heavy atom. The Kier molecular flexibility index (Phi) is 12.0. The fraction of sp³-hybridized carbons (Fsp3) is 0.421. The van der Waals surface area contributed by atoms with E-state index in [1.165, 1.54) is 11.9 Å². The van der Waals surface area contributed by atoms with Gasteiger partial charge in [0, 0.05) is 30.4 Å². The summed E-state index contributed by atoms with van der Waals surface area (Å²) in [4.78, 5) is 53.7. The Morgan fingerprint density at radius 2 is 1.44 bits per heavy atom. The quantitative estimate of drug-likeness (QED) is 0.114. The van der Waals surface area contributed by atoms with Crippen LogP contribution in [0.1, 0.15) is 64.7 Å². The zero-order valence-corrected chi connectivity index (χ0v) is 31.3. The second kappa shape index (κ2) is 15.8. The van der Waals surface area contributed by atoms with Crippen LogP contribution in [-0.2, 0) is 14.3 Å². The van der Waals surface area contributed by atoms with Crippen LogP contribution in [0, 0.1) is 5.92 Å². The number of likely N-dealkylation sites (N-methyl/N-ethyl adjacent to an activating group) is 1. The van der Waals surface area contributed by atoms with Crippen molar-refractivity contribution in [2.75, 3.05) is 18.9 Å². The average Bonchev–Trinajstić information content (AvgIpc) is 3.35. The second-order valence-electron chi connectivity index (χ2n) is 14.6. The molecule has 4 rings (SSSR count). The van der Waals surface area contributed by atoms with E-state index in [0.717, 1.165) is 28.0 Å². The summed E-state index contributed by atoms with van der Waals surface area (Å²) in [6, 6.07) is 20.1. The molecule has 0 aliphatic heterocycles. The van der Waals surface area contributed by atoms with Crippen LogP contribution in [0.15, 0.2) is 72.8 Å². The van der Waals surface area contributed by atoms with Gasteiger partial charge in [-0.25, -0.2) is 9.59 Å². The van der Waals surface area contributed by atoms with E-state index in [-0.39, 0.29) is 23.9 Å². The van der Waals surface area contributed by atoms with Crippen molar-refractivity contribution in [2.45, 2.75) is 83.8 Å². The summed E-state index contributed by atoms with van der Waals surface area (Å²) in [5.41, 5.74) is 9.50. The van der Waals surface area contributed by atoms with Gasteiger partial charge in [-0.2, -0.15) is 0 Å². The molecular weight excluding hydrogens is 651 g/mol. The van der Waals surface area contributed by atoms with E-state index in [0.29, 0.717) is 12.1 Å². The summed E-state index contributed by atoms with van der Waals surface area (Å²) in [5, 5.41) is 8.30. The van der Waals surface area contributed by atoms with Crippen molar-refractivity contribution in [3.05, 3.63) is 83.9 Å². The number of carbonyl (C=O) groups excluding carboxylic acids is 4. The van der Waals surface area contributed by atoms with Crippen molar-refractivity contribution in [3.8, 4) is 16.9 Å². The number of primary amides is 1. The molecule has 2 unspecified atom stereocenters.